The van der Waals surface area contributed by atoms with E-state index in [1.165, 1.54) is 35.0 Å². The van der Waals surface area contributed by atoms with Gasteiger partial charge in [0.25, 0.3) is 17.4 Å². The number of nitrogens with zero attached hydrogens (tertiary/aromatic N) is 2. The zero-order chi connectivity index (χ0) is 29.6. The van der Waals surface area contributed by atoms with Gasteiger partial charge in [-0.25, -0.2) is 13.8 Å². The van der Waals surface area contributed by atoms with Gasteiger partial charge in [0, 0.05) is 46.1 Å². The largest absolute Gasteiger partial charge is 0.416 e. The molecule has 5 rings (SSSR count). The molecule has 2 aromatic heterocycles. The van der Waals surface area contributed by atoms with Gasteiger partial charge in [0.15, 0.2) is 0 Å². The van der Waals surface area contributed by atoms with Crippen LogP contribution in [0.15, 0.2) is 65.6 Å². The number of hydrogen-bond donors (Lipinski definition) is 2. The molecule has 7 nitrogen and oxygen atoms in total. The van der Waals surface area contributed by atoms with Gasteiger partial charge < -0.3 is 15.2 Å². The average Bonchev–Trinajstić information content (AvgIpc) is 3.25. The molecule has 2 aromatic carbocycles. The predicted molar refractivity (Wildman–Crippen MR) is 140 cm³/mol. The Balaban J connectivity index is 1.68. The minimum Gasteiger partial charge on any atom is -0.340 e. The van der Waals surface area contributed by atoms with E-state index in [1.807, 2.05) is 0 Å². The molecular weight excluding hydrogens is 571 g/mol. The average molecular weight is 589 g/mol. The molecule has 4 aromatic rings. The quantitative estimate of drug-likeness (QED) is 0.281. The van der Waals surface area contributed by atoms with Gasteiger partial charge in [-0.3, -0.25) is 14.4 Å². The van der Waals surface area contributed by atoms with Crippen molar-refractivity contribution in [2.75, 3.05) is 5.32 Å². The molecule has 0 bridgehead atoms. The van der Waals surface area contributed by atoms with Crippen molar-refractivity contribution in [2.45, 2.75) is 25.7 Å². The third kappa shape index (κ3) is 5.42. The van der Waals surface area contributed by atoms with Crippen LogP contribution in [0, 0.1) is 11.6 Å². The Morgan fingerprint density at radius 2 is 1.80 bits per heavy atom. The third-order valence-electron chi connectivity index (χ3n) is 6.46. The van der Waals surface area contributed by atoms with Crippen LogP contribution in [0.1, 0.15) is 50.5 Å². The van der Waals surface area contributed by atoms with E-state index in [1.54, 1.807) is 6.92 Å². The number of carbonyl (C=O) groups excluding carboxylic acids is 2. The van der Waals surface area contributed by atoms with Gasteiger partial charge in [-0.15, -0.1) is 0 Å². The Hall–Kier alpha value is -4.58. The van der Waals surface area contributed by atoms with Gasteiger partial charge in [0.1, 0.15) is 17.3 Å². The lowest BCUT2D eigenvalue weighted by atomic mass is 9.97. The van der Waals surface area contributed by atoms with E-state index in [0.29, 0.717) is 24.2 Å². The van der Waals surface area contributed by atoms with Crippen LogP contribution in [0.2, 0.25) is 5.02 Å². The predicted octanol–water partition coefficient (Wildman–Crippen LogP) is 5.97. The van der Waals surface area contributed by atoms with Crippen molar-refractivity contribution >= 4 is 29.1 Å². The van der Waals surface area contributed by atoms with Gasteiger partial charge >= 0.3 is 6.18 Å². The SMILES string of the molecule is CCn1cc(-c2cc(NC(=O)c3cc(F)cc(C(F)(F)F)c3)c3c(n2)C(=O)N[C@@H]3c2cc(F)ccc2Cl)ccc1=O. The van der Waals surface area contributed by atoms with Gasteiger partial charge in [-0.05, 0) is 55.5 Å². The number of aryl methyl sites for hydroxylation is 1. The smallest absolute Gasteiger partial charge is 0.340 e. The number of anilines is 1. The number of nitrogens with one attached hydrogen (secondary N) is 2. The van der Waals surface area contributed by atoms with Crippen molar-refractivity contribution in [1.82, 2.24) is 14.9 Å². The monoisotopic (exact) mass is 588 g/mol. The van der Waals surface area contributed by atoms with Gasteiger partial charge in [0.05, 0.1) is 23.0 Å². The van der Waals surface area contributed by atoms with E-state index >= 15 is 0 Å². The van der Waals surface area contributed by atoms with Crippen molar-refractivity contribution in [3.8, 4) is 11.3 Å². The Kier molecular flexibility index (Phi) is 7.12. The minimum atomic E-state index is -4.92. The van der Waals surface area contributed by atoms with E-state index in [4.69, 9.17) is 11.6 Å². The zero-order valence-corrected chi connectivity index (χ0v) is 21.7. The number of benzene rings is 2. The number of halogens is 6. The molecule has 0 fully saturated rings. The van der Waals surface area contributed by atoms with Crippen molar-refractivity contribution in [3.05, 3.63) is 116 Å². The topological polar surface area (TPSA) is 93.1 Å². The van der Waals surface area contributed by atoms with Crippen LogP contribution < -0.4 is 16.2 Å². The molecule has 1 atom stereocenters. The highest BCUT2D eigenvalue weighted by atomic mass is 35.5. The number of pyridine rings is 2. The standard InChI is InChI=1S/C28H18ClF5N4O3/c1-2-38-12-13(3-6-22(38)39)20-11-21(36-26(40)14-7-15(28(32,33)34)9-17(31)8-14)23-24(37-27(41)25(23)35-20)18-10-16(30)4-5-19(18)29/h3-12,24H,2H2,1H3,(H,37,41)(H,35,36,40)/t24-/m1/s1. The fraction of sp³-hybridized carbons (Fsp3) is 0.143. The number of alkyl halides is 3. The molecule has 0 unspecified atom stereocenters. The summed E-state index contributed by atoms with van der Waals surface area (Å²) in [6, 6.07) is 7.83. The maximum absolute atomic E-state index is 14.2. The normalized spacial score (nSPS) is 14.5. The zero-order valence-electron chi connectivity index (χ0n) is 20.9. The Labute approximate surface area is 233 Å². The molecule has 2 N–H and O–H groups in total. The first-order valence-corrected chi connectivity index (χ1v) is 12.4. The molecule has 13 heteroatoms. The summed E-state index contributed by atoms with van der Waals surface area (Å²) in [5, 5.41) is 5.18. The summed E-state index contributed by atoms with van der Waals surface area (Å²) in [5.74, 6) is -3.76. The number of aromatic nitrogens is 2. The summed E-state index contributed by atoms with van der Waals surface area (Å²) in [7, 11) is 0. The van der Waals surface area contributed by atoms with E-state index in [2.05, 4.69) is 15.6 Å². The summed E-state index contributed by atoms with van der Waals surface area (Å²) in [6.07, 6.45) is -3.43. The second-order valence-corrected chi connectivity index (χ2v) is 9.52. The number of carbonyl (C=O) groups is 2. The van der Waals surface area contributed by atoms with Crippen LogP contribution in [0.25, 0.3) is 11.3 Å². The van der Waals surface area contributed by atoms with Crippen LogP contribution >= 0.6 is 11.6 Å². The highest BCUT2D eigenvalue weighted by Crippen LogP contribution is 2.40. The molecule has 3 heterocycles. The molecule has 2 amide bonds. The van der Waals surface area contributed by atoms with Crippen LogP contribution in [0.4, 0.5) is 27.6 Å². The summed E-state index contributed by atoms with van der Waals surface area (Å²) >= 11 is 6.29. The molecule has 1 aliphatic rings. The van der Waals surface area contributed by atoms with Crippen LogP contribution in [0.5, 0.6) is 0 Å². The molecule has 0 aliphatic carbocycles. The van der Waals surface area contributed by atoms with Gasteiger partial charge in [-0.2, -0.15) is 13.2 Å². The van der Waals surface area contributed by atoms with Crippen molar-refractivity contribution in [3.63, 3.8) is 0 Å². The lowest BCUT2D eigenvalue weighted by Gasteiger charge is -2.19. The van der Waals surface area contributed by atoms with Crippen LogP contribution in [0.3, 0.4) is 0 Å². The fourth-order valence-corrected chi connectivity index (χ4v) is 4.75. The third-order valence-corrected chi connectivity index (χ3v) is 6.81. The highest BCUT2D eigenvalue weighted by molar-refractivity contribution is 6.31. The van der Waals surface area contributed by atoms with Crippen molar-refractivity contribution < 1.29 is 31.5 Å². The first-order valence-electron chi connectivity index (χ1n) is 12.1. The molecule has 0 saturated heterocycles. The highest BCUT2D eigenvalue weighted by Gasteiger charge is 2.37. The van der Waals surface area contributed by atoms with E-state index in [-0.39, 0.29) is 44.9 Å². The molecule has 210 valence electrons. The Bertz CT molecular complexity index is 1790. The number of amides is 2. The molecule has 0 saturated carbocycles. The minimum absolute atomic E-state index is 0.0656. The summed E-state index contributed by atoms with van der Waals surface area (Å²) in [6.45, 7) is 2.06. The molecule has 1 aliphatic heterocycles. The van der Waals surface area contributed by atoms with Crippen LogP contribution in [-0.4, -0.2) is 21.4 Å². The number of hydrogen-bond acceptors (Lipinski definition) is 4. The first-order chi connectivity index (χ1) is 19.3. The number of fused-ring (bicyclic) bond motifs is 1. The second-order valence-electron chi connectivity index (χ2n) is 9.11. The molecule has 0 radical (unpaired) electrons. The lowest BCUT2D eigenvalue weighted by molar-refractivity contribution is -0.137. The molecule has 0 spiro atoms. The van der Waals surface area contributed by atoms with Gasteiger partial charge in [0.2, 0.25) is 0 Å². The molecule has 41 heavy (non-hydrogen) atoms. The lowest BCUT2D eigenvalue weighted by Crippen LogP contribution is -2.21. The summed E-state index contributed by atoms with van der Waals surface area (Å²) in [5.41, 5.74) is -1.83. The van der Waals surface area contributed by atoms with E-state index in [9.17, 15) is 36.3 Å². The Morgan fingerprint density at radius 1 is 1.05 bits per heavy atom. The van der Waals surface area contributed by atoms with E-state index in [0.717, 1.165) is 12.1 Å². The Morgan fingerprint density at radius 3 is 2.51 bits per heavy atom. The molecular formula is C28H18ClF5N4O3. The first kappa shape index (κ1) is 28.0. The second kappa shape index (κ2) is 10.4. The maximum Gasteiger partial charge on any atom is 0.416 e. The summed E-state index contributed by atoms with van der Waals surface area (Å²) < 4.78 is 69.4. The van der Waals surface area contributed by atoms with Crippen molar-refractivity contribution in [2.24, 2.45) is 0 Å². The summed E-state index contributed by atoms with van der Waals surface area (Å²) in [4.78, 5) is 42.8. The number of rotatable bonds is 5. The van der Waals surface area contributed by atoms with E-state index < -0.39 is 46.8 Å². The maximum atomic E-state index is 14.2. The van der Waals surface area contributed by atoms with Crippen LogP contribution in [-0.2, 0) is 12.7 Å². The van der Waals surface area contributed by atoms with Gasteiger partial charge in [-0.1, -0.05) is 11.6 Å². The van der Waals surface area contributed by atoms with Crippen molar-refractivity contribution in [1.29, 1.82) is 0 Å². The fourth-order valence-electron chi connectivity index (χ4n) is 4.52.